The Bertz CT molecular complexity index is 536. The molecule has 0 saturated carbocycles. The zero-order chi connectivity index (χ0) is 16.3. The van der Waals surface area contributed by atoms with Crippen LogP contribution in [0.25, 0.3) is 0 Å². The minimum atomic E-state index is -1.05. The first-order valence-electron chi connectivity index (χ1n) is 8.05. The van der Waals surface area contributed by atoms with E-state index in [0.717, 1.165) is 24.8 Å². The van der Waals surface area contributed by atoms with E-state index in [-0.39, 0.29) is 11.9 Å². The normalized spacial score (nSPS) is 20.0. The lowest BCUT2D eigenvalue weighted by Gasteiger charge is -2.37. The zero-order valence-electron chi connectivity index (χ0n) is 13.6. The van der Waals surface area contributed by atoms with E-state index in [1.165, 1.54) is 12.5 Å². The fraction of sp³-hybridized carbons (Fsp3) is 0.556. The molecule has 0 bridgehead atoms. The summed E-state index contributed by atoms with van der Waals surface area (Å²) in [6.07, 6.45) is 2.92. The van der Waals surface area contributed by atoms with Crippen molar-refractivity contribution in [3.63, 3.8) is 0 Å². The molecule has 2 unspecified atom stereocenters. The van der Waals surface area contributed by atoms with Gasteiger partial charge in [0, 0.05) is 6.54 Å². The molecule has 0 spiro atoms. The summed E-state index contributed by atoms with van der Waals surface area (Å²) in [6.45, 7) is 6.42. The van der Waals surface area contributed by atoms with Gasteiger partial charge in [-0.05, 0) is 43.2 Å². The Morgan fingerprint density at radius 3 is 2.32 bits per heavy atom. The Labute approximate surface area is 132 Å². The second-order valence-electron chi connectivity index (χ2n) is 6.42. The van der Waals surface area contributed by atoms with Crippen LogP contribution >= 0.6 is 0 Å². The third-order valence-corrected chi connectivity index (χ3v) is 4.51. The summed E-state index contributed by atoms with van der Waals surface area (Å²) < 4.78 is 0. The molecule has 1 aromatic carbocycles. The van der Waals surface area contributed by atoms with Crippen LogP contribution in [0.15, 0.2) is 24.3 Å². The largest absolute Gasteiger partial charge is 0.481 e. The average molecular weight is 303 g/mol. The van der Waals surface area contributed by atoms with Crippen LogP contribution in [0.3, 0.4) is 0 Å². The summed E-state index contributed by atoms with van der Waals surface area (Å²) in [5, 5.41) is 9.09. The number of rotatable bonds is 4. The van der Waals surface area contributed by atoms with Crippen molar-refractivity contribution in [2.24, 2.45) is 5.92 Å². The molecule has 1 aromatic rings. The van der Waals surface area contributed by atoms with Crippen LogP contribution < -0.4 is 0 Å². The van der Waals surface area contributed by atoms with Gasteiger partial charge in [-0.1, -0.05) is 38.1 Å². The van der Waals surface area contributed by atoms with Crippen molar-refractivity contribution < 1.29 is 14.7 Å². The number of likely N-dealkylation sites (tertiary alicyclic amines) is 1. The highest BCUT2D eigenvalue weighted by Crippen LogP contribution is 2.32. The topological polar surface area (TPSA) is 57.6 Å². The quantitative estimate of drug-likeness (QED) is 0.865. The Morgan fingerprint density at radius 2 is 1.77 bits per heavy atom. The summed E-state index contributed by atoms with van der Waals surface area (Å²) >= 11 is 0. The highest BCUT2D eigenvalue weighted by atomic mass is 16.4. The molecule has 4 heteroatoms. The summed E-state index contributed by atoms with van der Waals surface area (Å²) in [6, 6.07) is 8.38. The maximum atomic E-state index is 12.4. The standard InChI is InChI=1S/C18H25NO3/c1-12(2)14-7-9-15(10-8-14)16-6-4-5-11-19(16)17(20)13(3)18(21)22/h7-10,12-13,16H,4-6,11H2,1-3H3,(H,21,22). The highest BCUT2D eigenvalue weighted by Gasteiger charge is 2.33. The third-order valence-electron chi connectivity index (χ3n) is 4.51. The molecule has 22 heavy (non-hydrogen) atoms. The van der Waals surface area contributed by atoms with Gasteiger partial charge in [-0.3, -0.25) is 9.59 Å². The van der Waals surface area contributed by atoms with Gasteiger partial charge in [-0.15, -0.1) is 0 Å². The van der Waals surface area contributed by atoms with Crippen LogP contribution in [0.4, 0.5) is 0 Å². The molecule has 1 amide bonds. The molecular formula is C18H25NO3. The van der Waals surface area contributed by atoms with E-state index in [4.69, 9.17) is 5.11 Å². The molecule has 2 rings (SSSR count). The van der Waals surface area contributed by atoms with Gasteiger partial charge in [0.15, 0.2) is 0 Å². The second-order valence-corrected chi connectivity index (χ2v) is 6.42. The number of hydrogen-bond acceptors (Lipinski definition) is 2. The number of nitrogens with zero attached hydrogens (tertiary/aromatic N) is 1. The SMILES string of the molecule is CC(C(=O)O)C(=O)N1CCCCC1c1ccc(C(C)C)cc1. The number of carbonyl (C=O) groups excluding carboxylic acids is 1. The fourth-order valence-corrected chi connectivity index (χ4v) is 3.00. The molecule has 1 aliphatic heterocycles. The molecular weight excluding hydrogens is 278 g/mol. The number of carbonyl (C=O) groups is 2. The van der Waals surface area contributed by atoms with Crippen LogP contribution in [0.2, 0.25) is 0 Å². The predicted octanol–water partition coefficient (Wildman–Crippen LogP) is 3.58. The van der Waals surface area contributed by atoms with Crippen LogP contribution in [-0.2, 0) is 9.59 Å². The molecule has 1 fully saturated rings. The van der Waals surface area contributed by atoms with E-state index in [9.17, 15) is 9.59 Å². The maximum absolute atomic E-state index is 12.4. The smallest absolute Gasteiger partial charge is 0.315 e. The molecule has 0 aliphatic carbocycles. The first kappa shape index (κ1) is 16.5. The predicted molar refractivity (Wildman–Crippen MR) is 85.6 cm³/mol. The van der Waals surface area contributed by atoms with E-state index in [2.05, 4.69) is 38.1 Å². The highest BCUT2D eigenvalue weighted by molar-refractivity contribution is 5.96. The minimum Gasteiger partial charge on any atom is -0.481 e. The van der Waals surface area contributed by atoms with Crippen molar-refractivity contribution in [2.75, 3.05) is 6.54 Å². The minimum absolute atomic E-state index is 0.00395. The van der Waals surface area contributed by atoms with Gasteiger partial charge in [0.1, 0.15) is 5.92 Å². The summed E-state index contributed by atoms with van der Waals surface area (Å²) in [5.74, 6) is -1.82. The number of amides is 1. The molecule has 1 N–H and O–H groups in total. The van der Waals surface area contributed by atoms with Crippen molar-refractivity contribution in [3.05, 3.63) is 35.4 Å². The lowest BCUT2D eigenvalue weighted by atomic mass is 9.92. The van der Waals surface area contributed by atoms with Gasteiger partial charge in [0.2, 0.25) is 5.91 Å². The summed E-state index contributed by atoms with van der Waals surface area (Å²) in [5.41, 5.74) is 2.38. The van der Waals surface area contributed by atoms with Crippen molar-refractivity contribution in [2.45, 2.75) is 52.0 Å². The Hall–Kier alpha value is -1.84. The molecule has 0 aromatic heterocycles. The number of piperidine rings is 1. The van der Waals surface area contributed by atoms with Crippen LogP contribution in [0.1, 0.15) is 63.1 Å². The number of benzene rings is 1. The first-order valence-corrected chi connectivity index (χ1v) is 8.05. The molecule has 2 atom stereocenters. The molecule has 0 radical (unpaired) electrons. The lowest BCUT2D eigenvalue weighted by molar-refractivity contribution is -0.152. The number of carboxylic acid groups (broad SMARTS) is 1. The van der Waals surface area contributed by atoms with Crippen LogP contribution in [0.5, 0.6) is 0 Å². The number of carboxylic acids is 1. The maximum Gasteiger partial charge on any atom is 0.315 e. The number of hydrogen-bond donors (Lipinski definition) is 1. The summed E-state index contributed by atoms with van der Waals surface area (Å²) in [7, 11) is 0. The van der Waals surface area contributed by atoms with Gasteiger partial charge in [0.25, 0.3) is 0 Å². The van der Waals surface area contributed by atoms with Gasteiger partial charge < -0.3 is 10.0 Å². The lowest BCUT2D eigenvalue weighted by Crippen LogP contribution is -2.43. The Balaban J connectivity index is 2.22. The molecule has 1 saturated heterocycles. The molecule has 4 nitrogen and oxygen atoms in total. The van der Waals surface area contributed by atoms with Crippen molar-refractivity contribution in [1.29, 1.82) is 0 Å². The monoisotopic (exact) mass is 303 g/mol. The molecule has 1 heterocycles. The first-order chi connectivity index (χ1) is 10.4. The van der Waals surface area contributed by atoms with Gasteiger partial charge in [-0.25, -0.2) is 0 Å². The van der Waals surface area contributed by atoms with Crippen molar-refractivity contribution >= 4 is 11.9 Å². The Kier molecular flexibility index (Phi) is 5.22. The number of aliphatic carboxylic acids is 1. The van der Waals surface area contributed by atoms with E-state index in [0.29, 0.717) is 12.5 Å². The van der Waals surface area contributed by atoms with Crippen LogP contribution in [0, 0.1) is 5.92 Å². The van der Waals surface area contributed by atoms with Crippen molar-refractivity contribution in [1.82, 2.24) is 4.90 Å². The van der Waals surface area contributed by atoms with Gasteiger partial charge in [-0.2, -0.15) is 0 Å². The second kappa shape index (κ2) is 6.95. The van der Waals surface area contributed by atoms with E-state index < -0.39 is 11.9 Å². The average Bonchev–Trinajstić information content (AvgIpc) is 2.53. The van der Waals surface area contributed by atoms with E-state index in [1.54, 1.807) is 4.90 Å². The van der Waals surface area contributed by atoms with Crippen LogP contribution in [-0.4, -0.2) is 28.4 Å². The van der Waals surface area contributed by atoms with Crippen molar-refractivity contribution in [3.8, 4) is 0 Å². The fourth-order valence-electron chi connectivity index (χ4n) is 3.00. The van der Waals surface area contributed by atoms with E-state index in [1.807, 2.05) is 0 Å². The molecule has 120 valence electrons. The zero-order valence-corrected chi connectivity index (χ0v) is 13.6. The molecule has 1 aliphatic rings. The van der Waals surface area contributed by atoms with Gasteiger partial charge in [0.05, 0.1) is 6.04 Å². The van der Waals surface area contributed by atoms with E-state index >= 15 is 0 Å². The summed E-state index contributed by atoms with van der Waals surface area (Å²) in [4.78, 5) is 25.3. The Morgan fingerprint density at radius 1 is 1.14 bits per heavy atom. The third kappa shape index (κ3) is 3.49. The van der Waals surface area contributed by atoms with Gasteiger partial charge >= 0.3 is 5.97 Å².